The number of aryl methyl sites for hydroxylation is 1. The Morgan fingerprint density at radius 2 is 2.00 bits per heavy atom. The molecule has 1 rings (SSSR count). The van der Waals surface area contributed by atoms with Crippen molar-refractivity contribution in [1.29, 1.82) is 0 Å². The zero-order chi connectivity index (χ0) is 10.2. The van der Waals surface area contributed by atoms with Gasteiger partial charge in [-0.25, -0.2) is 12.7 Å². The van der Waals surface area contributed by atoms with E-state index < -0.39 is 10.0 Å². The van der Waals surface area contributed by atoms with Crippen LogP contribution in [0.4, 0.5) is 5.69 Å². The summed E-state index contributed by atoms with van der Waals surface area (Å²) in [5.41, 5.74) is 6.65. The zero-order valence-electron chi connectivity index (χ0n) is 7.83. The topological polar surface area (TPSA) is 79.2 Å². The molecule has 0 unspecified atom stereocenters. The van der Waals surface area contributed by atoms with Crippen molar-refractivity contribution in [2.24, 2.45) is 0 Å². The molecule has 1 aromatic rings. The summed E-state index contributed by atoms with van der Waals surface area (Å²) >= 11 is 0. The largest absolute Gasteiger partial charge is 0.397 e. The quantitative estimate of drug-likeness (QED) is 0.718. The first-order valence-corrected chi connectivity index (χ1v) is 5.17. The molecule has 0 aliphatic carbocycles. The summed E-state index contributed by atoms with van der Waals surface area (Å²) in [7, 11) is -0.433. The number of nitrogens with zero attached hydrogens (tertiary/aromatic N) is 1. The molecule has 0 aromatic carbocycles. The maximum Gasteiger partial charge on any atom is 0.258 e. The fourth-order valence-electron chi connectivity index (χ4n) is 0.878. The van der Waals surface area contributed by atoms with Gasteiger partial charge in [-0.05, 0) is 13.0 Å². The number of aromatic nitrogens is 1. The third kappa shape index (κ3) is 1.68. The number of nitrogens with two attached hydrogens (primary N) is 1. The molecule has 0 fully saturated rings. The van der Waals surface area contributed by atoms with E-state index in [-0.39, 0.29) is 5.03 Å². The number of aromatic amines is 1. The Kier molecular flexibility index (Phi) is 2.36. The van der Waals surface area contributed by atoms with Crippen molar-refractivity contribution in [2.45, 2.75) is 11.9 Å². The van der Waals surface area contributed by atoms with Crippen LogP contribution in [0.25, 0.3) is 0 Å². The fraction of sp³-hybridized carbons (Fsp3) is 0.429. The van der Waals surface area contributed by atoms with Crippen molar-refractivity contribution in [3.63, 3.8) is 0 Å². The molecule has 0 saturated carbocycles. The number of H-pyrrole nitrogens is 1. The van der Waals surface area contributed by atoms with Gasteiger partial charge in [0.25, 0.3) is 10.0 Å². The first kappa shape index (κ1) is 10.1. The van der Waals surface area contributed by atoms with Crippen LogP contribution in [-0.2, 0) is 10.0 Å². The molecule has 0 amide bonds. The molecule has 1 heterocycles. The Morgan fingerprint density at radius 3 is 2.31 bits per heavy atom. The van der Waals surface area contributed by atoms with Crippen LogP contribution in [-0.4, -0.2) is 31.8 Å². The fourth-order valence-corrected chi connectivity index (χ4v) is 1.83. The van der Waals surface area contributed by atoms with Crippen molar-refractivity contribution in [3.8, 4) is 0 Å². The summed E-state index contributed by atoms with van der Waals surface area (Å²) in [4.78, 5) is 2.71. The summed E-state index contributed by atoms with van der Waals surface area (Å²) < 4.78 is 24.2. The Morgan fingerprint density at radius 1 is 1.46 bits per heavy atom. The molecule has 0 spiro atoms. The molecule has 5 nitrogen and oxygen atoms in total. The minimum atomic E-state index is -3.38. The van der Waals surface area contributed by atoms with Gasteiger partial charge in [0.05, 0.1) is 5.69 Å². The zero-order valence-corrected chi connectivity index (χ0v) is 8.64. The highest BCUT2D eigenvalue weighted by molar-refractivity contribution is 7.89. The van der Waals surface area contributed by atoms with Crippen LogP contribution in [0.2, 0.25) is 0 Å². The van der Waals surface area contributed by atoms with Gasteiger partial charge in [0.1, 0.15) is 5.03 Å². The number of nitrogen functional groups attached to an aromatic ring is 1. The molecule has 13 heavy (non-hydrogen) atoms. The Labute approximate surface area is 77.6 Å². The molecule has 3 N–H and O–H groups in total. The maximum absolute atomic E-state index is 11.5. The lowest BCUT2D eigenvalue weighted by atomic mass is 10.4. The molecular weight excluding hydrogens is 190 g/mol. The molecular formula is C7H13N3O2S. The summed E-state index contributed by atoms with van der Waals surface area (Å²) in [6, 6.07) is 1.42. The monoisotopic (exact) mass is 203 g/mol. The molecule has 6 heteroatoms. The maximum atomic E-state index is 11.5. The average Bonchev–Trinajstić information content (AvgIpc) is 2.32. The third-order valence-corrected chi connectivity index (χ3v) is 3.53. The van der Waals surface area contributed by atoms with Crippen molar-refractivity contribution >= 4 is 15.7 Å². The summed E-state index contributed by atoms with van der Waals surface area (Å²) in [5.74, 6) is 0. The van der Waals surface area contributed by atoms with Crippen LogP contribution in [0.1, 0.15) is 5.69 Å². The van der Waals surface area contributed by atoms with Gasteiger partial charge in [-0.2, -0.15) is 0 Å². The molecule has 0 aliphatic rings. The number of hydrogen-bond donors (Lipinski definition) is 2. The van der Waals surface area contributed by atoms with E-state index >= 15 is 0 Å². The third-order valence-electron chi connectivity index (χ3n) is 1.79. The summed E-state index contributed by atoms with van der Waals surface area (Å²) in [5, 5.41) is 0.132. The van der Waals surface area contributed by atoms with Gasteiger partial charge >= 0.3 is 0 Å². The lowest BCUT2D eigenvalue weighted by Crippen LogP contribution is -2.22. The SMILES string of the molecule is Cc1[nH]c(S(=O)(=O)N(C)C)cc1N. The smallest absolute Gasteiger partial charge is 0.258 e. The number of hydrogen-bond acceptors (Lipinski definition) is 3. The highest BCUT2D eigenvalue weighted by Gasteiger charge is 2.19. The van der Waals surface area contributed by atoms with E-state index in [2.05, 4.69) is 4.98 Å². The van der Waals surface area contributed by atoms with Gasteiger partial charge in [0, 0.05) is 19.8 Å². The van der Waals surface area contributed by atoms with Crippen molar-refractivity contribution in [2.75, 3.05) is 19.8 Å². The number of sulfonamides is 1. The Balaban J connectivity index is 3.24. The van der Waals surface area contributed by atoms with E-state index in [0.29, 0.717) is 11.4 Å². The summed E-state index contributed by atoms with van der Waals surface area (Å²) in [6.07, 6.45) is 0. The Bertz CT molecular complexity index is 386. The highest BCUT2D eigenvalue weighted by atomic mass is 32.2. The average molecular weight is 203 g/mol. The van der Waals surface area contributed by atoms with E-state index in [1.807, 2.05) is 0 Å². The van der Waals surface area contributed by atoms with E-state index in [9.17, 15) is 8.42 Å². The molecule has 0 aliphatic heterocycles. The van der Waals surface area contributed by atoms with E-state index in [0.717, 1.165) is 4.31 Å². The van der Waals surface area contributed by atoms with Crippen LogP contribution in [0, 0.1) is 6.92 Å². The second-order valence-corrected chi connectivity index (χ2v) is 5.12. The normalized spacial score (nSPS) is 12.3. The van der Waals surface area contributed by atoms with Gasteiger partial charge in [0.2, 0.25) is 0 Å². The number of rotatable bonds is 2. The van der Waals surface area contributed by atoms with Gasteiger partial charge in [0.15, 0.2) is 0 Å². The standard InChI is InChI=1S/C7H13N3O2S/c1-5-6(8)4-7(9-5)13(11,12)10(2)3/h4,9H,8H2,1-3H3. The number of nitrogens with one attached hydrogen (secondary N) is 1. The molecule has 0 atom stereocenters. The van der Waals surface area contributed by atoms with E-state index in [1.54, 1.807) is 6.92 Å². The van der Waals surface area contributed by atoms with Crippen LogP contribution in [0.5, 0.6) is 0 Å². The molecule has 0 radical (unpaired) electrons. The second-order valence-electron chi connectivity index (χ2n) is 3.00. The second kappa shape index (κ2) is 3.04. The predicted molar refractivity (Wildman–Crippen MR) is 50.8 cm³/mol. The van der Waals surface area contributed by atoms with E-state index in [4.69, 9.17) is 5.73 Å². The minimum Gasteiger partial charge on any atom is -0.397 e. The molecule has 0 bridgehead atoms. The van der Waals surface area contributed by atoms with Crippen LogP contribution < -0.4 is 5.73 Å². The lowest BCUT2D eigenvalue weighted by molar-refractivity contribution is 0.517. The Hall–Kier alpha value is -1.01. The molecule has 0 saturated heterocycles. The van der Waals surface area contributed by atoms with Crippen molar-refractivity contribution < 1.29 is 8.42 Å². The first-order valence-electron chi connectivity index (χ1n) is 3.73. The van der Waals surface area contributed by atoms with Gasteiger partial charge in [-0.15, -0.1) is 0 Å². The van der Waals surface area contributed by atoms with Crippen LogP contribution in [0.3, 0.4) is 0 Å². The van der Waals surface area contributed by atoms with Gasteiger partial charge in [-0.3, -0.25) is 0 Å². The molecule has 1 aromatic heterocycles. The van der Waals surface area contributed by atoms with Gasteiger partial charge < -0.3 is 10.7 Å². The molecule has 74 valence electrons. The minimum absolute atomic E-state index is 0.132. The number of anilines is 1. The van der Waals surface area contributed by atoms with Crippen LogP contribution >= 0.6 is 0 Å². The first-order chi connectivity index (χ1) is 5.85. The lowest BCUT2D eigenvalue weighted by Gasteiger charge is -2.08. The highest BCUT2D eigenvalue weighted by Crippen LogP contribution is 2.18. The van der Waals surface area contributed by atoms with Crippen LogP contribution in [0.15, 0.2) is 11.1 Å². The van der Waals surface area contributed by atoms with Crippen molar-refractivity contribution in [3.05, 3.63) is 11.8 Å². The van der Waals surface area contributed by atoms with Crippen molar-refractivity contribution in [1.82, 2.24) is 9.29 Å². The van der Waals surface area contributed by atoms with Gasteiger partial charge in [-0.1, -0.05) is 0 Å². The summed E-state index contributed by atoms with van der Waals surface area (Å²) in [6.45, 7) is 1.73. The predicted octanol–water partition coefficient (Wildman–Crippen LogP) is 0.156. The van der Waals surface area contributed by atoms with E-state index in [1.165, 1.54) is 20.2 Å².